The van der Waals surface area contributed by atoms with Crippen LogP contribution in [0, 0.1) is 6.92 Å². The van der Waals surface area contributed by atoms with Crippen LogP contribution >= 0.6 is 11.3 Å². The zero-order valence-corrected chi connectivity index (χ0v) is 10.6. The van der Waals surface area contributed by atoms with Gasteiger partial charge in [0.05, 0.1) is 5.75 Å². The van der Waals surface area contributed by atoms with E-state index in [4.69, 9.17) is 0 Å². The second-order valence-electron chi connectivity index (χ2n) is 3.30. The minimum Gasteiger partial charge on any atom is -0.309 e. The van der Waals surface area contributed by atoms with Crippen LogP contribution in [0.25, 0.3) is 0 Å². The normalized spacial score (nSPS) is 11.9. The van der Waals surface area contributed by atoms with Crippen LogP contribution in [-0.4, -0.2) is 31.5 Å². The molecule has 4 nitrogen and oxygen atoms in total. The van der Waals surface area contributed by atoms with Crippen molar-refractivity contribution in [2.24, 2.45) is 0 Å². The molecule has 1 aromatic heterocycles. The summed E-state index contributed by atoms with van der Waals surface area (Å²) in [6.07, 6.45) is 0. The number of aromatic nitrogens is 1. The fraction of sp³-hybridized carbons (Fsp3) is 0.667. The summed E-state index contributed by atoms with van der Waals surface area (Å²) in [4.78, 5) is 4.27. The van der Waals surface area contributed by atoms with Gasteiger partial charge in [-0.25, -0.2) is 13.4 Å². The first-order valence-corrected chi connectivity index (χ1v) is 7.56. The molecule has 0 amide bonds. The molecule has 1 N–H and O–H groups in total. The molecule has 0 atom stereocenters. The van der Waals surface area contributed by atoms with Crippen LogP contribution in [0.3, 0.4) is 0 Å². The maximum Gasteiger partial charge on any atom is 0.151 e. The summed E-state index contributed by atoms with van der Waals surface area (Å²) in [5.74, 6) is 0.416. The third-order valence-electron chi connectivity index (χ3n) is 1.97. The van der Waals surface area contributed by atoms with Crippen molar-refractivity contribution >= 4 is 21.2 Å². The third kappa shape index (κ3) is 4.72. The van der Waals surface area contributed by atoms with Gasteiger partial charge in [-0.2, -0.15) is 0 Å². The molecule has 0 saturated heterocycles. The van der Waals surface area contributed by atoms with Gasteiger partial charge in [0, 0.05) is 29.9 Å². The summed E-state index contributed by atoms with van der Waals surface area (Å²) < 4.78 is 22.3. The molecule has 0 spiro atoms. The van der Waals surface area contributed by atoms with Crippen LogP contribution in [0.15, 0.2) is 5.38 Å². The molecule has 6 heteroatoms. The maximum atomic E-state index is 11.2. The van der Waals surface area contributed by atoms with Crippen molar-refractivity contribution in [3.8, 4) is 0 Å². The molecule has 0 aliphatic carbocycles. The van der Waals surface area contributed by atoms with Crippen molar-refractivity contribution in [3.05, 3.63) is 16.1 Å². The van der Waals surface area contributed by atoms with E-state index in [1.165, 1.54) is 0 Å². The third-order valence-corrected chi connectivity index (χ3v) is 4.64. The zero-order valence-electron chi connectivity index (χ0n) is 8.99. The highest BCUT2D eigenvalue weighted by Crippen LogP contribution is 2.07. The van der Waals surface area contributed by atoms with Gasteiger partial charge in [0.2, 0.25) is 0 Å². The van der Waals surface area contributed by atoms with E-state index in [1.807, 2.05) is 12.3 Å². The quantitative estimate of drug-likeness (QED) is 0.762. The molecule has 0 aliphatic heterocycles. The van der Waals surface area contributed by atoms with E-state index in [0.717, 1.165) is 10.7 Å². The van der Waals surface area contributed by atoms with Gasteiger partial charge in [0.15, 0.2) is 9.84 Å². The number of thiazole rings is 1. The molecule has 0 radical (unpaired) electrons. The first kappa shape index (κ1) is 12.6. The number of hydrogen-bond acceptors (Lipinski definition) is 5. The summed E-state index contributed by atoms with van der Waals surface area (Å²) in [5, 5.41) is 6.06. The lowest BCUT2D eigenvalue weighted by Gasteiger charge is -2.02. The van der Waals surface area contributed by atoms with Gasteiger partial charge < -0.3 is 5.32 Å². The minimum atomic E-state index is -2.85. The van der Waals surface area contributed by atoms with E-state index < -0.39 is 9.84 Å². The standard InChI is InChI=1S/C9H16N2O2S2/c1-3-15(12,13)5-4-10-6-9-11-8(2)7-14-9/h7,10H,3-6H2,1-2H3. The Bertz CT molecular complexity index is 398. The first-order chi connectivity index (χ1) is 7.03. The van der Waals surface area contributed by atoms with Gasteiger partial charge in [-0.05, 0) is 6.92 Å². The lowest BCUT2D eigenvalue weighted by atomic mass is 10.5. The molecule has 0 fully saturated rings. The molecule has 1 heterocycles. The van der Waals surface area contributed by atoms with Gasteiger partial charge in [0.1, 0.15) is 5.01 Å². The molecule has 0 aliphatic rings. The minimum absolute atomic E-state index is 0.202. The van der Waals surface area contributed by atoms with E-state index in [0.29, 0.717) is 13.1 Å². The molecule has 86 valence electrons. The highest BCUT2D eigenvalue weighted by Gasteiger charge is 2.06. The molecule has 0 unspecified atom stereocenters. The maximum absolute atomic E-state index is 11.2. The van der Waals surface area contributed by atoms with Crippen LogP contribution in [0.2, 0.25) is 0 Å². The summed E-state index contributed by atoms with van der Waals surface area (Å²) in [6.45, 7) is 4.76. The van der Waals surface area contributed by atoms with Crippen molar-refractivity contribution in [1.29, 1.82) is 0 Å². The smallest absolute Gasteiger partial charge is 0.151 e. The number of rotatable bonds is 6. The van der Waals surface area contributed by atoms with Crippen LogP contribution in [0.1, 0.15) is 17.6 Å². The predicted molar refractivity (Wildman–Crippen MR) is 62.9 cm³/mol. The Morgan fingerprint density at radius 3 is 2.80 bits per heavy atom. The monoisotopic (exact) mass is 248 g/mol. The summed E-state index contributed by atoms with van der Waals surface area (Å²) in [5.41, 5.74) is 1.01. The summed E-state index contributed by atoms with van der Waals surface area (Å²) in [7, 11) is -2.85. The predicted octanol–water partition coefficient (Wildman–Crippen LogP) is 0.976. The van der Waals surface area contributed by atoms with Crippen molar-refractivity contribution < 1.29 is 8.42 Å². The van der Waals surface area contributed by atoms with Crippen molar-refractivity contribution in [1.82, 2.24) is 10.3 Å². The Balaban J connectivity index is 2.23. The zero-order chi connectivity index (χ0) is 11.3. The Morgan fingerprint density at radius 1 is 1.53 bits per heavy atom. The SMILES string of the molecule is CCS(=O)(=O)CCNCc1nc(C)cs1. The Labute approximate surface area is 94.7 Å². The number of nitrogens with one attached hydrogen (secondary N) is 1. The van der Waals surface area contributed by atoms with Crippen LogP contribution in [0.4, 0.5) is 0 Å². The average molecular weight is 248 g/mol. The Hall–Kier alpha value is -0.460. The Morgan fingerprint density at radius 2 is 2.27 bits per heavy atom. The second kappa shape index (κ2) is 5.58. The average Bonchev–Trinajstić information content (AvgIpc) is 2.59. The number of aryl methyl sites for hydroxylation is 1. The number of sulfone groups is 1. The number of nitrogens with zero attached hydrogens (tertiary/aromatic N) is 1. The van der Waals surface area contributed by atoms with Gasteiger partial charge in [-0.1, -0.05) is 6.92 Å². The van der Waals surface area contributed by atoms with Crippen LogP contribution < -0.4 is 5.32 Å². The molecular formula is C9H16N2O2S2. The second-order valence-corrected chi connectivity index (χ2v) is 6.71. The highest BCUT2D eigenvalue weighted by molar-refractivity contribution is 7.91. The van der Waals surface area contributed by atoms with Crippen molar-refractivity contribution in [2.75, 3.05) is 18.1 Å². The number of hydrogen-bond donors (Lipinski definition) is 1. The summed E-state index contributed by atoms with van der Waals surface area (Å²) in [6, 6.07) is 0. The van der Waals surface area contributed by atoms with E-state index >= 15 is 0 Å². The largest absolute Gasteiger partial charge is 0.309 e. The van der Waals surface area contributed by atoms with Crippen molar-refractivity contribution in [3.63, 3.8) is 0 Å². The first-order valence-electron chi connectivity index (χ1n) is 4.85. The highest BCUT2D eigenvalue weighted by atomic mass is 32.2. The molecule has 15 heavy (non-hydrogen) atoms. The lowest BCUT2D eigenvalue weighted by Crippen LogP contribution is -2.23. The fourth-order valence-electron chi connectivity index (χ4n) is 1.05. The van der Waals surface area contributed by atoms with Crippen molar-refractivity contribution in [2.45, 2.75) is 20.4 Å². The van der Waals surface area contributed by atoms with Gasteiger partial charge in [-0.3, -0.25) is 0 Å². The summed E-state index contributed by atoms with van der Waals surface area (Å²) >= 11 is 1.59. The molecule has 0 saturated carbocycles. The van der Waals surface area contributed by atoms with Crippen LogP contribution in [0.5, 0.6) is 0 Å². The molecule has 0 bridgehead atoms. The van der Waals surface area contributed by atoms with Gasteiger partial charge >= 0.3 is 0 Å². The molecular weight excluding hydrogens is 232 g/mol. The van der Waals surface area contributed by atoms with E-state index in [2.05, 4.69) is 10.3 Å². The fourth-order valence-corrected chi connectivity index (χ4v) is 2.54. The topological polar surface area (TPSA) is 59.1 Å². The van der Waals surface area contributed by atoms with Gasteiger partial charge in [0.25, 0.3) is 0 Å². The Kier molecular flexibility index (Phi) is 4.69. The van der Waals surface area contributed by atoms with Crippen LogP contribution in [-0.2, 0) is 16.4 Å². The molecule has 1 aromatic rings. The van der Waals surface area contributed by atoms with Gasteiger partial charge in [-0.15, -0.1) is 11.3 Å². The van der Waals surface area contributed by atoms with E-state index in [9.17, 15) is 8.42 Å². The van der Waals surface area contributed by atoms with E-state index in [-0.39, 0.29) is 11.5 Å². The molecule has 1 rings (SSSR count). The molecule has 0 aromatic carbocycles. The van der Waals surface area contributed by atoms with E-state index in [1.54, 1.807) is 18.3 Å². The lowest BCUT2D eigenvalue weighted by molar-refractivity contribution is 0.591.